The molecule has 2 N–H and O–H groups in total. The number of carbonyl (C=O) groups is 1. The van der Waals surface area contributed by atoms with Crippen LogP contribution in [0.4, 0.5) is 11.4 Å². The van der Waals surface area contributed by atoms with E-state index in [4.69, 9.17) is 0 Å². The largest absolute Gasteiger partial charge is 0.383 e. The van der Waals surface area contributed by atoms with Gasteiger partial charge in [-0.15, -0.1) is 0 Å². The number of aromatic nitrogens is 3. The molecule has 19 heavy (non-hydrogen) atoms. The van der Waals surface area contributed by atoms with Crippen LogP contribution in [0.2, 0.25) is 0 Å². The average molecular weight is 259 g/mol. The summed E-state index contributed by atoms with van der Waals surface area (Å²) in [4.78, 5) is 16.3. The SMILES string of the molecule is CCNc1cnccc1C(=O)Nc1cn(C)nc1C. The maximum atomic E-state index is 12.3. The summed E-state index contributed by atoms with van der Waals surface area (Å²) in [6.45, 7) is 4.56. The fourth-order valence-electron chi connectivity index (χ4n) is 1.84. The van der Waals surface area contributed by atoms with Gasteiger partial charge in [0.2, 0.25) is 0 Å². The Labute approximate surface area is 111 Å². The molecule has 0 atom stereocenters. The first kappa shape index (κ1) is 13.1. The standard InChI is InChI=1S/C13H17N5O/c1-4-15-11-7-14-6-5-10(11)13(19)16-12-8-18(3)17-9(12)2/h5-8,15H,4H2,1-3H3,(H,16,19). The van der Waals surface area contributed by atoms with E-state index in [2.05, 4.69) is 20.7 Å². The van der Waals surface area contributed by atoms with Gasteiger partial charge in [0.05, 0.1) is 28.8 Å². The number of aryl methyl sites for hydroxylation is 2. The minimum absolute atomic E-state index is 0.172. The summed E-state index contributed by atoms with van der Waals surface area (Å²) >= 11 is 0. The van der Waals surface area contributed by atoms with Crippen molar-refractivity contribution in [1.82, 2.24) is 14.8 Å². The van der Waals surface area contributed by atoms with Gasteiger partial charge in [-0.05, 0) is 19.9 Å². The molecule has 6 heteroatoms. The van der Waals surface area contributed by atoms with Crippen molar-refractivity contribution in [3.05, 3.63) is 35.9 Å². The van der Waals surface area contributed by atoms with E-state index in [1.54, 1.807) is 29.3 Å². The highest BCUT2D eigenvalue weighted by atomic mass is 16.1. The fourth-order valence-corrected chi connectivity index (χ4v) is 1.84. The van der Waals surface area contributed by atoms with Crippen LogP contribution in [-0.4, -0.2) is 27.2 Å². The quantitative estimate of drug-likeness (QED) is 0.878. The van der Waals surface area contributed by atoms with E-state index in [0.29, 0.717) is 11.3 Å². The average Bonchev–Trinajstić information content (AvgIpc) is 2.69. The van der Waals surface area contributed by atoms with Gasteiger partial charge >= 0.3 is 0 Å². The zero-order valence-corrected chi connectivity index (χ0v) is 11.3. The van der Waals surface area contributed by atoms with Crippen LogP contribution in [0.25, 0.3) is 0 Å². The summed E-state index contributed by atoms with van der Waals surface area (Å²) in [7, 11) is 1.82. The minimum atomic E-state index is -0.172. The lowest BCUT2D eigenvalue weighted by Gasteiger charge is -2.09. The third-order valence-electron chi connectivity index (χ3n) is 2.69. The maximum absolute atomic E-state index is 12.3. The number of pyridine rings is 1. The molecule has 0 aliphatic carbocycles. The number of carbonyl (C=O) groups excluding carboxylic acids is 1. The number of amides is 1. The Balaban J connectivity index is 2.22. The van der Waals surface area contributed by atoms with E-state index in [1.165, 1.54) is 0 Å². The van der Waals surface area contributed by atoms with Gasteiger partial charge in [0.15, 0.2) is 0 Å². The van der Waals surface area contributed by atoms with Crippen LogP contribution in [-0.2, 0) is 7.05 Å². The van der Waals surface area contributed by atoms with Gasteiger partial charge < -0.3 is 10.6 Å². The van der Waals surface area contributed by atoms with Crippen molar-refractivity contribution in [2.24, 2.45) is 7.05 Å². The second-order valence-corrected chi connectivity index (χ2v) is 4.21. The predicted molar refractivity (Wildman–Crippen MR) is 74.3 cm³/mol. The Morgan fingerprint density at radius 3 is 2.84 bits per heavy atom. The number of hydrogen-bond donors (Lipinski definition) is 2. The Bertz CT molecular complexity index is 590. The van der Waals surface area contributed by atoms with Crippen molar-refractivity contribution in [2.45, 2.75) is 13.8 Å². The third-order valence-corrected chi connectivity index (χ3v) is 2.69. The molecule has 2 aromatic rings. The van der Waals surface area contributed by atoms with Gasteiger partial charge in [-0.2, -0.15) is 5.10 Å². The molecule has 2 aromatic heterocycles. The zero-order valence-electron chi connectivity index (χ0n) is 11.3. The Morgan fingerprint density at radius 1 is 1.42 bits per heavy atom. The molecule has 0 bridgehead atoms. The van der Waals surface area contributed by atoms with E-state index < -0.39 is 0 Å². The summed E-state index contributed by atoms with van der Waals surface area (Å²) in [6.07, 6.45) is 5.03. The first-order valence-corrected chi connectivity index (χ1v) is 6.11. The lowest BCUT2D eigenvalue weighted by molar-refractivity contribution is 0.102. The molecule has 1 amide bonds. The van der Waals surface area contributed by atoms with Crippen LogP contribution < -0.4 is 10.6 Å². The Morgan fingerprint density at radius 2 is 2.21 bits per heavy atom. The fraction of sp³-hybridized carbons (Fsp3) is 0.308. The third kappa shape index (κ3) is 2.90. The van der Waals surface area contributed by atoms with Gasteiger partial charge in [-0.3, -0.25) is 14.5 Å². The van der Waals surface area contributed by atoms with Gasteiger partial charge in [-0.1, -0.05) is 0 Å². The highest BCUT2D eigenvalue weighted by Gasteiger charge is 2.13. The topological polar surface area (TPSA) is 71.8 Å². The normalized spacial score (nSPS) is 10.3. The van der Waals surface area contributed by atoms with Gasteiger partial charge in [0.25, 0.3) is 5.91 Å². The van der Waals surface area contributed by atoms with E-state index in [1.807, 2.05) is 20.9 Å². The first-order valence-electron chi connectivity index (χ1n) is 6.11. The number of anilines is 2. The van der Waals surface area contributed by atoms with Crippen molar-refractivity contribution >= 4 is 17.3 Å². The van der Waals surface area contributed by atoms with E-state index >= 15 is 0 Å². The molecule has 0 aromatic carbocycles. The van der Waals surface area contributed by atoms with Gasteiger partial charge in [-0.25, -0.2) is 0 Å². The lowest BCUT2D eigenvalue weighted by atomic mass is 10.2. The molecule has 100 valence electrons. The van der Waals surface area contributed by atoms with Crippen LogP contribution in [0.15, 0.2) is 24.7 Å². The molecule has 0 spiro atoms. The van der Waals surface area contributed by atoms with E-state index in [0.717, 1.165) is 17.9 Å². The highest BCUT2D eigenvalue weighted by Crippen LogP contribution is 2.17. The number of nitrogens with zero attached hydrogens (tertiary/aromatic N) is 3. The second-order valence-electron chi connectivity index (χ2n) is 4.21. The number of nitrogens with one attached hydrogen (secondary N) is 2. The van der Waals surface area contributed by atoms with Crippen molar-refractivity contribution < 1.29 is 4.79 Å². The van der Waals surface area contributed by atoms with Crippen molar-refractivity contribution in [2.75, 3.05) is 17.2 Å². The molecule has 0 saturated carbocycles. The Hall–Kier alpha value is -2.37. The summed E-state index contributed by atoms with van der Waals surface area (Å²) in [6, 6.07) is 1.69. The van der Waals surface area contributed by atoms with Crippen molar-refractivity contribution in [3.8, 4) is 0 Å². The molecular weight excluding hydrogens is 242 g/mol. The monoisotopic (exact) mass is 259 g/mol. The molecule has 2 heterocycles. The van der Waals surface area contributed by atoms with Crippen LogP contribution in [0.3, 0.4) is 0 Å². The zero-order chi connectivity index (χ0) is 13.8. The number of hydrogen-bond acceptors (Lipinski definition) is 4. The Kier molecular flexibility index (Phi) is 3.79. The maximum Gasteiger partial charge on any atom is 0.257 e. The molecular formula is C13H17N5O. The molecule has 0 saturated heterocycles. The number of rotatable bonds is 4. The lowest BCUT2D eigenvalue weighted by Crippen LogP contribution is -2.15. The molecule has 6 nitrogen and oxygen atoms in total. The smallest absolute Gasteiger partial charge is 0.257 e. The van der Waals surface area contributed by atoms with Crippen LogP contribution in [0.5, 0.6) is 0 Å². The molecule has 0 aliphatic rings. The van der Waals surface area contributed by atoms with Crippen molar-refractivity contribution in [3.63, 3.8) is 0 Å². The molecule has 0 radical (unpaired) electrons. The summed E-state index contributed by atoms with van der Waals surface area (Å²) in [5, 5.41) is 10.2. The van der Waals surface area contributed by atoms with Crippen LogP contribution >= 0.6 is 0 Å². The van der Waals surface area contributed by atoms with Crippen LogP contribution in [0.1, 0.15) is 23.0 Å². The minimum Gasteiger partial charge on any atom is -0.383 e. The predicted octanol–water partition coefficient (Wildman–Crippen LogP) is 1.81. The summed E-state index contributed by atoms with van der Waals surface area (Å²) < 4.78 is 1.67. The highest BCUT2D eigenvalue weighted by molar-refractivity contribution is 6.08. The van der Waals surface area contributed by atoms with E-state index in [-0.39, 0.29) is 5.91 Å². The van der Waals surface area contributed by atoms with E-state index in [9.17, 15) is 4.79 Å². The van der Waals surface area contributed by atoms with Crippen molar-refractivity contribution in [1.29, 1.82) is 0 Å². The second kappa shape index (κ2) is 5.51. The summed E-state index contributed by atoms with van der Waals surface area (Å²) in [5.74, 6) is -0.172. The molecule has 0 fully saturated rings. The first-order chi connectivity index (χ1) is 9.11. The van der Waals surface area contributed by atoms with Gasteiger partial charge in [0, 0.05) is 26.0 Å². The molecule has 0 aliphatic heterocycles. The molecule has 0 unspecified atom stereocenters. The van der Waals surface area contributed by atoms with Crippen LogP contribution in [0, 0.1) is 6.92 Å². The van der Waals surface area contributed by atoms with Gasteiger partial charge in [0.1, 0.15) is 0 Å². The molecule has 2 rings (SSSR count). The summed E-state index contributed by atoms with van der Waals surface area (Å²) in [5.41, 5.74) is 2.80.